The van der Waals surface area contributed by atoms with Gasteiger partial charge in [0.2, 0.25) is 0 Å². The summed E-state index contributed by atoms with van der Waals surface area (Å²) < 4.78 is 18.5. The predicted molar refractivity (Wildman–Crippen MR) is 88.3 cm³/mol. The van der Waals surface area contributed by atoms with Crippen molar-refractivity contribution in [3.8, 4) is 5.75 Å². The summed E-state index contributed by atoms with van der Waals surface area (Å²) in [7, 11) is 0.603. The van der Waals surface area contributed by atoms with Gasteiger partial charge in [-0.1, -0.05) is 32.9 Å². The number of rotatable bonds is 6. The van der Waals surface area contributed by atoms with Crippen molar-refractivity contribution in [2.75, 3.05) is 13.7 Å². The molecule has 0 bridgehead atoms. The summed E-state index contributed by atoms with van der Waals surface area (Å²) in [6.07, 6.45) is 3.21. The first-order valence-electron chi connectivity index (χ1n) is 7.78. The number of ether oxygens (including phenoxy) is 1. The second kappa shape index (κ2) is 6.93. The molecular weight excluding hydrogens is 282 g/mol. The van der Waals surface area contributed by atoms with Crippen molar-refractivity contribution >= 4 is 10.8 Å². The van der Waals surface area contributed by atoms with E-state index in [4.69, 9.17) is 4.74 Å². The highest BCUT2D eigenvalue weighted by Gasteiger charge is 2.44. The molecule has 1 fully saturated rings. The van der Waals surface area contributed by atoms with Gasteiger partial charge in [0.1, 0.15) is 5.75 Å². The zero-order chi connectivity index (χ0) is 15.5. The van der Waals surface area contributed by atoms with Crippen LogP contribution in [-0.2, 0) is 10.8 Å². The number of nitrogens with one attached hydrogen (secondary N) is 1. The molecule has 0 radical (unpaired) electrons. The second-order valence-electron chi connectivity index (χ2n) is 6.45. The highest BCUT2D eigenvalue weighted by atomic mass is 32.2. The predicted octanol–water partition coefficient (Wildman–Crippen LogP) is 3.36. The van der Waals surface area contributed by atoms with E-state index in [0.29, 0.717) is 6.04 Å². The molecule has 0 saturated heterocycles. The molecule has 1 aliphatic carbocycles. The Morgan fingerprint density at radius 3 is 2.76 bits per heavy atom. The maximum atomic E-state index is 13.1. The third kappa shape index (κ3) is 3.49. The minimum Gasteiger partial charge on any atom is -0.495 e. The fourth-order valence-electron chi connectivity index (χ4n) is 3.23. The van der Waals surface area contributed by atoms with E-state index in [1.54, 1.807) is 7.11 Å². The minimum absolute atomic E-state index is 0.155. The van der Waals surface area contributed by atoms with Crippen LogP contribution in [0, 0.1) is 5.41 Å². The van der Waals surface area contributed by atoms with Crippen LogP contribution in [0.5, 0.6) is 5.75 Å². The standard InChI is InChI=1S/C17H27NO2S/c1-5-12-18-16-15(10-11-17(16,2)3)21(19)14-9-7-6-8-13(14)20-4/h6-9,15-16,18H,5,10-12H2,1-4H3. The molecule has 3 atom stereocenters. The molecule has 3 unspecified atom stereocenters. The highest BCUT2D eigenvalue weighted by molar-refractivity contribution is 7.85. The van der Waals surface area contributed by atoms with Crippen molar-refractivity contribution in [2.45, 2.75) is 56.2 Å². The lowest BCUT2D eigenvalue weighted by Gasteiger charge is -2.31. The first-order chi connectivity index (χ1) is 10.0. The maximum Gasteiger partial charge on any atom is 0.134 e. The molecule has 21 heavy (non-hydrogen) atoms. The second-order valence-corrected chi connectivity index (χ2v) is 8.09. The van der Waals surface area contributed by atoms with Crippen LogP contribution in [0.1, 0.15) is 40.0 Å². The van der Waals surface area contributed by atoms with Crippen molar-refractivity contribution in [3.63, 3.8) is 0 Å². The average molecular weight is 309 g/mol. The first-order valence-corrected chi connectivity index (χ1v) is 8.99. The molecule has 3 nitrogen and oxygen atoms in total. The molecule has 1 N–H and O–H groups in total. The van der Waals surface area contributed by atoms with E-state index in [2.05, 4.69) is 26.1 Å². The summed E-state index contributed by atoms with van der Waals surface area (Å²) in [6, 6.07) is 7.97. The number of hydrogen-bond donors (Lipinski definition) is 1. The number of hydrogen-bond acceptors (Lipinski definition) is 3. The Labute approximate surface area is 130 Å². The van der Waals surface area contributed by atoms with E-state index in [0.717, 1.165) is 36.5 Å². The van der Waals surface area contributed by atoms with E-state index in [1.807, 2.05) is 24.3 Å². The molecule has 1 aromatic rings. The van der Waals surface area contributed by atoms with Gasteiger partial charge in [-0.3, -0.25) is 4.21 Å². The van der Waals surface area contributed by atoms with Crippen molar-refractivity contribution < 1.29 is 8.95 Å². The summed E-state index contributed by atoms with van der Waals surface area (Å²) in [5, 5.41) is 3.78. The fraction of sp³-hybridized carbons (Fsp3) is 0.647. The molecule has 0 amide bonds. The lowest BCUT2D eigenvalue weighted by Crippen LogP contribution is -2.46. The summed E-state index contributed by atoms with van der Waals surface area (Å²) in [5.41, 5.74) is 0.192. The molecule has 0 aliphatic heterocycles. The lowest BCUT2D eigenvalue weighted by atomic mass is 9.87. The van der Waals surface area contributed by atoms with Crippen molar-refractivity contribution in [3.05, 3.63) is 24.3 Å². The molecular formula is C17H27NO2S. The fourth-order valence-corrected chi connectivity index (χ4v) is 5.16. The van der Waals surface area contributed by atoms with Gasteiger partial charge in [0.25, 0.3) is 0 Å². The Bertz CT molecular complexity index is 501. The molecule has 0 heterocycles. The molecule has 1 aliphatic rings. The quantitative estimate of drug-likeness (QED) is 0.875. The summed E-state index contributed by atoms with van der Waals surface area (Å²) in [6.45, 7) is 7.70. The van der Waals surface area contributed by atoms with E-state index in [9.17, 15) is 4.21 Å². The average Bonchev–Trinajstić information content (AvgIpc) is 2.79. The number of para-hydroxylation sites is 1. The van der Waals surface area contributed by atoms with Gasteiger partial charge >= 0.3 is 0 Å². The Kier molecular flexibility index (Phi) is 5.44. The Morgan fingerprint density at radius 2 is 2.10 bits per heavy atom. The van der Waals surface area contributed by atoms with Crippen LogP contribution in [0.3, 0.4) is 0 Å². The zero-order valence-corrected chi connectivity index (χ0v) is 14.3. The molecule has 118 valence electrons. The minimum atomic E-state index is -1.04. The van der Waals surface area contributed by atoms with Crippen LogP contribution >= 0.6 is 0 Å². The SMILES string of the molecule is CCCNC1C(S(=O)c2ccccc2OC)CCC1(C)C. The van der Waals surface area contributed by atoms with E-state index in [-0.39, 0.29) is 10.7 Å². The van der Waals surface area contributed by atoms with Crippen molar-refractivity contribution in [1.82, 2.24) is 5.32 Å². The highest BCUT2D eigenvalue weighted by Crippen LogP contribution is 2.42. The molecule has 0 spiro atoms. The van der Waals surface area contributed by atoms with Gasteiger partial charge in [0, 0.05) is 6.04 Å². The third-order valence-corrected chi connectivity index (χ3v) is 6.29. The van der Waals surface area contributed by atoms with Crippen LogP contribution in [0.4, 0.5) is 0 Å². The van der Waals surface area contributed by atoms with E-state index in [1.165, 1.54) is 0 Å². The van der Waals surface area contributed by atoms with Gasteiger partial charge in [0.15, 0.2) is 0 Å². The first kappa shape index (κ1) is 16.5. The monoisotopic (exact) mass is 309 g/mol. The smallest absolute Gasteiger partial charge is 0.134 e. The zero-order valence-electron chi connectivity index (χ0n) is 13.5. The van der Waals surface area contributed by atoms with Crippen molar-refractivity contribution in [1.29, 1.82) is 0 Å². The van der Waals surface area contributed by atoms with Crippen LogP contribution in [0.15, 0.2) is 29.2 Å². The van der Waals surface area contributed by atoms with Crippen LogP contribution in [0.25, 0.3) is 0 Å². The molecule has 4 heteroatoms. The van der Waals surface area contributed by atoms with Crippen LogP contribution < -0.4 is 10.1 Å². The Hall–Kier alpha value is -0.870. The Morgan fingerprint density at radius 1 is 1.38 bits per heavy atom. The van der Waals surface area contributed by atoms with Gasteiger partial charge < -0.3 is 10.1 Å². The van der Waals surface area contributed by atoms with Crippen LogP contribution in [0.2, 0.25) is 0 Å². The van der Waals surface area contributed by atoms with Crippen LogP contribution in [-0.4, -0.2) is 29.2 Å². The summed E-state index contributed by atoms with van der Waals surface area (Å²) in [5.74, 6) is 0.731. The topological polar surface area (TPSA) is 38.3 Å². The van der Waals surface area contributed by atoms with Gasteiger partial charge in [-0.05, 0) is 43.4 Å². The third-order valence-electron chi connectivity index (χ3n) is 4.46. The molecule has 2 rings (SSSR count). The summed E-state index contributed by atoms with van der Waals surface area (Å²) >= 11 is 0. The van der Waals surface area contributed by atoms with Gasteiger partial charge in [0.05, 0.1) is 28.1 Å². The largest absolute Gasteiger partial charge is 0.495 e. The molecule has 1 aromatic carbocycles. The summed E-state index contributed by atoms with van der Waals surface area (Å²) in [4.78, 5) is 0.825. The maximum absolute atomic E-state index is 13.1. The van der Waals surface area contributed by atoms with Gasteiger partial charge in [-0.15, -0.1) is 0 Å². The normalized spacial score (nSPS) is 25.7. The van der Waals surface area contributed by atoms with Gasteiger partial charge in [-0.2, -0.15) is 0 Å². The number of benzene rings is 1. The lowest BCUT2D eigenvalue weighted by molar-refractivity contribution is 0.286. The number of methoxy groups -OCH3 is 1. The molecule has 1 saturated carbocycles. The van der Waals surface area contributed by atoms with Gasteiger partial charge in [-0.25, -0.2) is 0 Å². The molecule has 0 aromatic heterocycles. The Balaban J connectivity index is 2.25. The van der Waals surface area contributed by atoms with Crippen molar-refractivity contribution in [2.24, 2.45) is 5.41 Å². The van der Waals surface area contributed by atoms with E-state index >= 15 is 0 Å². The van der Waals surface area contributed by atoms with E-state index < -0.39 is 10.8 Å².